The highest BCUT2D eigenvalue weighted by molar-refractivity contribution is 5.72. The molecule has 2 aromatic heterocycles. The number of aromatic nitrogens is 4. The van der Waals surface area contributed by atoms with Crippen LogP contribution < -0.4 is 5.56 Å². The zero-order valence-corrected chi connectivity index (χ0v) is 10.4. The number of carbonyl (C=O) groups excluding carboxylic acids is 1. The summed E-state index contributed by atoms with van der Waals surface area (Å²) in [6, 6.07) is 0. The summed E-state index contributed by atoms with van der Waals surface area (Å²) in [5.74, 6) is -2.44. The van der Waals surface area contributed by atoms with Gasteiger partial charge in [-0.3, -0.25) is 14.7 Å². The topological polar surface area (TPSA) is 89.3 Å². The number of halogens is 3. The van der Waals surface area contributed by atoms with E-state index in [1.165, 1.54) is 6.92 Å². The molecule has 0 aromatic carbocycles. The lowest BCUT2D eigenvalue weighted by molar-refractivity contribution is -0.144. The first-order chi connectivity index (χ1) is 9.24. The van der Waals surface area contributed by atoms with E-state index in [0.29, 0.717) is 4.52 Å². The monoisotopic (exact) mass is 290 g/mol. The van der Waals surface area contributed by atoms with E-state index in [2.05, 4.69) is 14.7 Å². The van der Waals surface area contributed by atoms with Gasteiger partial charge >= 0.3 is 12.1 Å². The van der Waals surface area contributed by atoms with Gasteiger partial charge in [0.05, 0.1) is 24.8 Å². The number of hydrogen-bond donors (Lipinski definition) is 1. The number of carbonyl (C=O) groups is 1. The van der Waals surface area contributed by atoms with Crippen molar-refractivity contribution in [1.29, 1.82) is 0 Å². The van der Waals surface area contributed by atoms with E-state index in [9.17, 15) is 22.8 Å². The smallest absolute Gasteiger partial charge is 0.451 e. The zero-order chi connectivity index (χ0) is 15.1. The fourth-order valence-electron chi connectivity index (χ4n) is 1.60. The summed E-state index contributed by atoms with van der Waals surface area (Å²) >= 11 is 0. The van der Waals surface area contributed by atoms with E-state index in [-0.39, 0.29) is 17.7 Å². The molecule has 0 unspecified atom stereocenters. The van der Waals surface area contributed by atoms with E-state index in [4.69, 9.17) is 0 Å². The summed E-state index contributed by atoms with van der Waals surface area (Å²) in [6.45, 7) is 1.40. The number of ether oxygens (including phenoxy) is 1. The fraction of sp³-hybridized carbons (Fsp3) is 0.400. The van der Waals surface area contributed by atoms with Gasteiger partial charge in [0.2, 0.25) is 5.82 Å². The quantitative estimate of drug-likeness (QED) is 0.812. The normalized spacial score (nSPS) is 11.8. The summed E-state index contributed by atoms with van der Waals surface area (Å²) in [4.78, 5) is 30.2. The molecule has 0 aliphatic rings. The molecule has 0 amide bonds. The van der Waals surface area contributed by atoms with Gasteiger partial charge in [-0.25, -0.2) is 4.98 Å². The molecule has 20 heavy (non-hydrogen) atoms. The molecule has 0 aliphatic heterocycles. The van der Waals surface area contributed by atoms with Crippen LogP contribution in [-0.4, -0.2) is 32.7 Å². The Kier molecular flexibility index (Phi) is 3.24. The van der Waals surface area contributed by atoms with Crippen LogP contribution in [0.5, 0.6) is 0 Å². The summed E-state index contributed by atoms with van der Waals surface area (Å²) < 4.78 is 42.5. The average Bonchev–Trinajstić information content (AvgIpc) is 2.78. The number of nitrogens with zero attached hydrogens (tertiary/aromatic N) is 3. The SMILES string of the molecule is COC(=O)Cc1c(C)nc2nc(C(F)(F)F)[nH]n2c1=O. The number of rotatable bonds is 2. The molecular formula is C10H9F3N4O3. The van der Waals surface area contributed by atoms with Gasteiger partial charge in [-0.05, 0) is 6.92 Å². The van der Waals surface area contributed by atoms with Crippen molar-refractivity contribution in [2.75, 3.05) is 7.11 Å². The Balaban J connectivity index is 2.63. The van der Waals surface area contributed by atoms with E-state index >= 15 is 0 Å². The third kappa shape index (κ3) is 2.36. The van der Waals surface area contributed by atoms with Gasteiger partial charge < -0.3 is 4.74 Å². The number of alkyl halides is 3. The highest BCUT2D eigenvalue weighted by atomic mass is 19.4. The van der Waals surface area contributed by atoms with Crippen molar-refractivity contribution in [2.24, 2.45) is 0 Å². The predicted molar refractivity (Wildman–Crippen MR) is 59.1 cm³/mol. The molecule has 108 valence electrons. The number of methoxy groups -OCH3 is 1. The van der Waals surface area contributed by atoms with Gasteiger partial charge in [0.25, 0.3) is 11.3 Å². The summed E-state index contributed by atoms with van der Waals surface area (Å²) in [6.07, 6.45) is -5.10. The van der Waals surface area contributed by atoms with Gasteiger partial charge in [0, 0.05) is 0 Å². The second-order valence-corrected chi connectivity index (χ2v) is 3.94. The Labute approximate surface area is 109 Å². The minimum Gasteiger partial charge on any atom is -0.469 e. The first-order valence-electron chi connectivity index (χ1n) is 5.36. The van der Waals surface area contributed by atoms with Crippen LogP contribution in [-0.2, 0) is 22.1 Å². The number of hydrogen-bond acceptors (Lipinski definition) is 5. The number of fused-ring (bicyclic) bond motifs is 1. The molecule has 0 atom stereocenters. The third-order valence-corrected chi connectivity index (χ3v) is 2.61. The summed E-state index contributed by atoms with van der Waals surface area (Å²) in [5, 5.41) is 1.82. The molecule has 0 bridgehead atoms. The summed E-state index contributed by atoms with van der Waals surface area (Å²) in [7, 11) is 1.14. The van der Waals surface area contributed by atoms with Gasteiger partial charge in [-0.15, -0.1) is 0 Å². The first-order valence-corrected chi connectivity index (χ1v) is 5.36. The maximum absolute atomic E-state index is 12.5. The number of nitrogens with one attached hydrogen (secondary N) is 1. The van der Waals surface area contributed by atoms with Crippen molar-refractivity contribution in [1.82, 2.24) is 19.6 Å². The number of H-pyrrole nitrogens is 1. The highest BCUT2D eigenvalue weighted by Crippen LogP contribution is 2.25. The molecule has 0 fully saturated rings. The van der Waals surface area contributed by atoms with E-state index < -0.39 is 29.3 Å². The molecule has 0 saturated carbocycles. The Hall–Kier alpha value is -2.39. The second-order valence-electron chi connectivity index (χ2n) is 3.94. The lowest BCUT2D eigenvalue weighted by Gasteiger charge is -2.03. The van der Waals surface area contributed by atoms with Crippen LogP contribution >= 0.6 is 0 Å². The fourth-order valence-corrected chi connectivity index (χ4v) is 1.60. The molecule has 0 radical (unpaired) electrons. The maximum Gasteiger partial charge on any atom is 0.451 e. The molecule has 2 aromatic rings. The maximum atomic E-state index is 12.5. The van der Waals surface area contributed by atoms with Crippen LogP contribution in [0.4, 0.5) is 13.2 Å². The second kappa shape index (κ2) is 4.62. The molecule has 0 saturated heterocycles. The Morgan fingerprint density at radius 1 is 1.40 bits per heavy atom. The molecular weight excluding hydrogens is 281 g/mol. The van der Waals surface area contributed by atoms with Crippen LogP contribution in [0.1, 0.15) is 17.1 Å². The Morgan fingerprint density at radius 3 is 2.60 bits per heavy atom. The molecule has 2 rings (SSSR count). The van der Waals surface area contributed by atoms with Crippen molar-refractivity contribution in [3.05, 3.63) is 27.4 Å². The largest absolute Gasteiger partial charge is 0.469 e. The van der Waals surface area contributed by atoms with Crippen molar-refractivity contribution < 1.29 is 22.7 Å². The van der Waals surface area contributed by atoms with Gasteiger partial charge in [-0.1, -0.05) is 0 Å². The van der Waals surface area contributed by atoms with E-state index in [1.54, 1.807) is 0 Å². The van der Waals surface area contributed by atoms with Crippen LogP contribution in [0.15, 0.2) is 4.79 Å². The van der Waals surface area contributed by atoms with Crippen molar-refractivity contribution >= 4 is 11.7 Å². The highest BCUT2D eigenvalue weighted by Gasteiger charge is 2.35. The Morgan fingerprint density at radius 2 is 2.05 bits per heavy atom. The van der Waals surface area contributed by atoms with Crippen molar-refractivity contribution in [3.63, 3.8) is 0 Å². The summed E-state index contributed by atoms with van der Waals surface area (Å²) in [5.41, 5.74) is -0.742. The van der Waals surface area contributed by atoms with Crippen LogP contribution in [0.25, 0.3) is 5.78 Å². The Bertz CT molecular complexity index is 732. The van der Waals surface area contributed by atoms with E-state index in [0.717, 1.165) is 7.11 Å². The minimum absolute atomic E-state index is 0.0493. The molecule has 0 spiro atoms. The zero-order valence-electron chi connectivity index (χ0n) is 10.4. The number of aromatic amines is 1. The van der Waals surface area contributed by atoms with Gasteiger partial charge in [0.15, 0.2) is 0 Å². The first kappa shape index (κ1) is 14.0. The van der Waals surface area contributed by atoms with Crippen LogP contribution in [0.2, 0.25) is 0 Å². The molecule has 7 nitrogen and oxygen atoms in total. The van der Waals surface area contributed by atoms with Gasteiger partial charge in [-0.2, -0.15) is 22.7 Å². The van der Waals surface area contributed by atoms with Gasteiger partial charge in [0.1, 0.15) is 0 Å². The molecule has 10 heteroatoms. The number of esters is 1. The van der Waals surface area contributed by atoms with E-state index in [1.807, 2.05) is 5.10 Å². The van der Waals surface area contributed by atoms with Crippen LogP contribution in [0.3, 0.4) is 0 Å². The predicted octanol–water partition coefficient (Wildman–Crippen LogP) is 0.460. The molecule has 1 N–H and O–H groups in total. The lowest BCUT2D eigenvalue weighted by Crippen LogP contribution is -2.24. The van der Waals surface area contributed by atoms with Crippen molar-refractivity contribution in [3.8, 4) is 0 Å². The van der Waals surface area contributed by atoms with Crippen LogP contribution in [0, 0.1) is 6.92 Å². The lowest BCUT2D eigenvalue weighted by atomic mass is 10.2. The molecule has 0 aliphatic carbocycles. The third-order valence-electron chi connectivity index (χ3n) is 2.61. The van der Waals surface area contributed by atoms with Crippen molar-refractivity contribution in [2.45, 2.75) is 19.5 Å². The molecule has 2 heterocycles. The minimum atomic E-state index is -4.73. The number of aryl methyl sites for hydroxylation is 1. The standard InChI is InChI=1S/C10H9F3N4O3/c1-4-5(3-6(18)20-2)7(19)17-9(14-4)15-8(16-17)10(11,12)13/h3H2,1-2H3,(H,14,15,16). The average molecular weight is 290 g/mol.